The van der Waals surface area contributed by atoms with Gasteiger partial charge in [0.25, 0.3) is 5.82 Å². The molecule has 0 aliphatic carbocycles. The zero-order valence-electron chi connectivity index (χ0n) is 18.7. The number of aryl methyl sites for hydroxylation is 5. The Bertz CT molecular complexity index is 1200. The molecule has 29 heavy (non-hydrogen) atoms. The Balaban J connectivity index is 2.15. The van der Waals surface area contributed by atoms with E-state index < -0.39 is 0 Å². The van der Waals surface area contributed by atoms with Crippen molar-refractivity contribution in [2.24, 2.45) is 7.05 Å². The molecular weight excluding hydrogens is 352 g/mol. The van der Waals surface area contributed by atoms with Gasteiger partial charge in [0, 0.05) is 0 Å². The topological polar surface area (TPSA) is 8.81 Å². The van der Waals surface area contributed by atoms with Crippen molar-refractivity contribution < 1.29 is 4.57 Å². The minimum absolute atomic E-state index is 0.529. The number of aromatic nitrogens is 2. The third-order valence-electron chi connectivity index (χ3n) is 6.15. The molecule has 0 bridgehead atoms. The van der Waals surface area contributed by atoms with Crippen LogP contribution >= 0.6 is 0 Å². The van der Waals surface area contributed by atoms with Crippen LogP contribution in [0.2, 0.25) is 0 Å². The van der Waals surface area contributed by atoms with Gasteiger partial charge >= 0.3 is 0 Å². The maximum atomic E-state index is 2.46. The summed E-state index contributed by atoms with van der Waals surface area (Å²) >= 11 is 0. The van der Waals surface area contributed by atoms with Gasteiger partial charge in [0.15, 0.2) is 11.0 Å². The second kappa shape index (κ2) is 7.18. The number of hydrogen-bond acceptors (Lipinski definition) is 0. The van der Waals surface area contributed by atoms with E-state index in [1.54, 1.807) is 0 Å². The van der Waals surface area contributed by atoms with Crippen LogP contribution in [0.15, 0.2) is 54.6 Å². The average Bonchev–Trinajstić information content (AvgIpc) is 2.96. The smallest absolute Gasteiger partial charge is 0.225 e. The van der Waals surface area contributed by atoms with Gasteiger partial charge in [-0.05, 0) is 79.6 Å². The monoisotopic (exact) mass is 383 g/mol. The maximum absolute atomic E-state index is 2.46. The maximum Gasteiger partial charge on any atom is 0.295 e. The molecule has 148 valence electrons. The molecule has 2 heteroatoms. The van der Waals surface area contributed by atoms with Gasteiger partial charge in [-0.1, -0.05) is 50.2 Å². The zero-order valence-corrected chi connectivity index (χ0v) is 18.7. The molecule has 0 aliphatic heterocycles. The van der Waals surface area contributed by atoms with Gasteiger partial charge in [0.1, 0.15) is 5.69 Å². The molecular formula is C27H31N2+. The predicted octanol–water partition coefficient (Wildman–Crippen LogP) is 6.48. The fourth-order valence-electron chi connectivity index (χ4n) is 4.70. The molecule has 1 heterocycles. The van der Waals surface area contributed by atoms with E-state index in [2.05, 4.69) is 112 Å². The molecule has 0 saturated carbocycles. The van der Waals surface area contributed by atoms with Crippen molar-refractivity contribution in [3.63, 3.8) is 0 Å². The highest BCUT2D eigenvalue weighted by Crippen LogP contribution is 2.34. The molecule has 1 aromatic heterocycles. The highest BCUT2D eigenvalue weighted by Gasteiger charge is 2.29. The van der Waals surface area contributed by atoms with Crippen molar-refractivity contribution in [2.75, 3.05) is 0 Å². The van der Waals surface area contributed by atoms with Gasteiger partial charge in [-0.2, -0.15) is 4.57 Å². The summed E-state index contributed by atoms with van der Waals surface area (Å²) in [5.74, 6) is 1.76. The lowest BCUT2D eigenvalue weighted by molar-refractivity contribution is -0.633. The summed E-state index contributed by atoms with van der Waals surface area (Å²) in [4.78, 5) is 0. The van der Waals surface area contributed by atoms with Crippen LogP contribution in [0.3, 0.4) is 0 Å². The molecule has 0 fully saturated rings. The second-order valence-corrected chi connectivity index (χ2v) is 8.63. The Labute approximate surface area is 174 Å². The Morgan fingerprint density at radius 2 is 1.41 bits per heavy atom. The molecule has 0 unspecified atom stereocenters. The first-order valence-electron chi connectivity index (χ1n) is 10.5. The van der Waals surface area contributed by atoms with Gasteiger partial charge in [0.05, 0.1) is 12.6 Å². The van der Waals surface area contributed by atoms with Gasteiger partial charge in [0.2, 0.25) is 0 Å². The molecule has 0 amide bonds. The normalized spacial score (nSPS) is 11.6. The van der Waals surface area contributed by atoms with E-state index >= 15 is 0 Å². The molecule has 4 rings (SSSR count). The zero-order chi connectivity index (χ0) is 20.9. The fourth-order valence-corrected chi connectivity index (χ4v) is 4.70. The van der Waals surface area contributed by atoms with E-state index in [9.17, 15) is 0 Å². The number of rotatable bonds is 3. The highest BCUT2D eigenvalue weighted by molar-refractivity contribution is 5.80. The Morgan fingerprint density at radius 3 is 2.07 bits per heavy atom. The van der Waals surface area contributed by atoms with Crippen LogP contribution in [0.5, 0.6) is 0 Å². The Kier molecular flexibility index (Phi) is 4.82. The summed E-state index contributed by atoms with van der Waals surface area (Å²) in [5, 5.41) is 0. The van der Waals surface area contributed by atoms with Gasteiger partial charge < -0.3 is 0 Å². The quantitative estimate of drug-likeness (QED) is 0.358. The first-order valence-corrected chi connectivity index (χ1v) is 10.5. The van der Waals surface area contributed by atoms with Crippen molar-refractivity contribution in [1.82, 2.24) is 4.57 Å². The standard InChI is InChI=1S/C27H31N2/c1-17(2)22-15-21(6)23(16-20(22)5)27-28(7)24-13-8-9-14-25(24)29(27)26-18(3)11-10-12-19(26)4/h8-17H,1-7H3/q+1. The molecule has 0 N–H and O–H groups in total. The molecule has 0 saturated heterocycles. The number of fused-ring (bicyclic) bond motifs is 1. The summed E-state index contributed by atoms with van der Waals surface area (Å²) in [7, 11) is 2.19. The van der Waals surface area contributed by atoms with Crippen molar-refractivity contribution in [2.45, 2.75) is 47.5 Å². The summed E-state index contributed by atoms with van der Waals surface area (Å²) in [6.07, 6.45) is 0. The number of benzene rings is 3. The summed E-state index contributed by atoms with van der Waals surface area (Å²) < 4.78 is 4.80. The van der Waals surface area contributed by atoms with Crippen LogP contribution in [0.25, 0.3) is 28.1 Å². The summed E-state index contributed by atoms with van der Waals surface area (Å²) in [6, 6.07) is 20.0. The lowest BCUT2D eigenvalue weighted by atomic mass is 9.92. The van der Waals surface area contributed by atoms with Crippen LogP contribution in [0.1, 0.15) is 47.6 Å². The molecule has 3 aromatic carbocycles. The van der Waals surface area contributed by atoms with Crippen molar-refractivity contribution >= 4 is 11.0 Å². The molecule has 4 aromatic rings. The predicted molar refractivity (Wildman–Crippen MR) is 123 cm³/mol. The largest absolute Gasteiger partial charge is 0.295 e. The third kappa shape index (κ3) is 3.07. The molecule has 0 spiro atoms. The van der Waals surface area contributed by atoms with Gasteiger partial charge in [-0.3, -0.25) is 0 Å². The van der Waals surface area contributed by atoms with E-state index in [1.807, 2.05) is 0 Å². The SMILES string of the molecule is Cc1cc(C(C)C)c(C)cc1-c1n(-c2c(C)cccc2C)c2ccccc2[n+]1C. The van der Waals surface area contributed by atoms with Crippen molar-refractivity contribution in [1.29, 1.82) is 0 Å². The minimum atomic E-state index is 0.529. The first-order chi connectivity index (χ1) is 13.8. The number of para-hydroxylation sites is 3. The van der Waals surface area contributed by atoms with E-state index in [1.165, 1.54) is 55.9 Å². The Hall–Kier alpha value is -2.87. The second-order valence-electron chi connectivity index (χ2n) is 8.63. The van der Waals surface area contributed by atoms with Crippen LogP contribution < -0.4 is 4.57 Å². The molecule has 2 nitrogen and oxygen atoms in total. The van der Waals surface area contributed by atoms with E-state index in [4.69, 9.17) is 0 Å². The molecule has 0 radical (unpaired) electrons. The molecule has 0 aliphatic rings. The number of hydrogen-bond donors (Lipinski definition) is 0. The Morgan fingerprint density at radius 1 is 0.759 bits per heavy atom. The number of imidazole rings is 1. The van der Waals surface area contributed by atoms with Crippen LogP contribution in [0, 0.1) is 27.7 Å². The third-order valence-corrected chi connectivity index (χ3v) is 6.15. The fraction of sp³-hybridized carbons (Fsp3) is 0.296. The van der Waals surface area contributed by atoms with E-state index in [0.717, 1.165) is 0 Å². The lowest BCUT2D eigenvalue weighted by Crippen LogP contribution is -2.30. The van der Waals surface area contributed by atoms with E-state index in [-0.39, 0.29) is 0 Å². The first kappa shape index (κ1) is 19.4. The van der Waals surface area contributed by atoms with Crippen LogP contribution in [-0.4, -0.2) is 4.57 Å². The van der Waals surface area contributed by atoms with Gasteiger partial charge in [-0.15, -0.1) is 0 Å². The minimum Gasteiger partial charge on any atom is -0.225 e. The highest BCUT2D eigenvalue weighted by atomic mass is 15.2. The summed E-state index contributed by atoms with van der Waals surface area (Å²) in [6.45, 7) is 13.4. The van der Waals surface area contributed by atoms with Crippen molar-refractivity contribution in [3.8, 4) is 17.1 Å². The van der Waals surface area contributed by atoms with Gasteiger partial charge in [-0.25, -0.2) is 4.57 Å². The van der Waals surface area contributed by atoms with Crippen molar-refractivity contribution in [3.05, 3.63) is 82.4 Å². The van der Waals surface area contributed by atoms with E-state index in [0.29, 0.717) is 5.92 Å². The molecule has 0 atom stereocenters. The van der Waals surface area contributed by atoms with Crippen LogP contribution in [-0.2, 0) is 7.05 Å². The lowest BCUT2D eigenvalue weighted by Gasteiger charge is -2.15. The van der Waals surface area contributed by atoms with Crippen LogP contribution in [0.4, 0.5) is 0 Å². The average molecular weight is 384 g/mol. The summed E-state index contributed by atoms with van der Waals surface area (Å²) in [5.41, 5.74) is 11.8. The number of nitrogens with zero attached hydrogens (tertiary/aromatic N) is 2.